The van der Waals surface area contributed by atoms with Crippen LogP contribution in [-0.2, 0) is 11.3 Å². The lowest BCUT2D eigenvalue weighted by Gasteiger charge is -2.07. The quantitative estimate of drug-likeness (QED) is 0.606. The van der Waals surface area contributed by atoms with Crippen LogP contribution in [0.4, 0.5) is 4.39 Å². The fourth-order valence-electron chi connectivity index (χ4n) is 2.62. The lowest BCUT2D eigenvalue weighted by molar-refractivity contribution is 0.0936. The van der Waals surface area contributed by atoms with E-state index in [0.29, 0.717) is 30.1 Å². The van der Waals surface area contributed by atoms with E-state index < -0.39 is 11.7 Å². The number of methoxy groups -OCH3 is 1. The summed E-state index contributed by atoms with van der Waals surface area (Å²) in [6, 6.07) is 12.9. The third-order valence-corrected chi connectivity index (χ3v) is 4.92. The van der Waals surface area contributed by atoms with Gasteiger partial charge in [-0.1, -0.05) is 24.3 Å². The molecule has 0 bridgehead atoms. The number of benzene rings is 2. The summed E-state index contributed by atoms with van der Waals surface area (Å²) in [6.07, 6.45) is 1.81. The van der Waals surface area contributed by atoms with Crippen molar-refractivity contribution in [3.63, 3.8) is 0 Å². The maximum atomic E-state index is 13.8. The molecule has 0 saturated heterocycles. The number of rotatable bonds is 7. The van der Waals surface area contributed by atoms with Crippen molar-refractivity contribution in [2.24, 2.45) is 4.99 Å². The zero-order valence-electron chi connectivity index (χ0n) is 15.8. The van der Waals surface area contributed by atoms with Gasteiger partial charge in [-0.15, -0.1) is 11.3 Å². The summed E-state index contributed by atoms with van der Waals surface area (Å²) in [6.45, 7) is 1.37. The van der Waals surface area contributed by atoms with E-state index >= 15 is 0 Å². The molecule has 0 spiro atoms. The number of carbonyl (C=O) groups excluding carboxylic acids is 2. The van der Waals surface area contributed by atoms with E-state index in [0.717, 1.165) is 5.56 Å². The monoisotopic (exact) mass is 413 g/mol. The first-order valence-electron chi connectivity index (χ1n) is 8.92. The number of hydrogen-bond acceptors (Lipinski definition) is 4. The molecule has 6 nitrogen and oxygen atoms in total. The summed E-state index contributed by atoms with van der Waals surface area (Å²) in [5.41, 5.74) is 1.44. The molecule has 2 aromatic carbocycles. The van der Waals surface area contributed by atoms with Gasteiger partial charge in [0.15, 0.2) is 4.80 Å². The molecule has 2 amide bonds. The lowest BCUT2D eigenvalue weighted by atomic mass is 10.1. The average Bonchev–Trinajstić information content (AvgIpc) is 3.15. The van der Waals surface area contributed by atoms with Crippen molar-refractivity contribution in [1.29, 1.82) is 0 Å². The summed E-state index contributed by atoms with van der Waals surface area (Å²) in [5, 5.41) is 4.58. The summed E-state index contributed by atoms with van der Waals surface area (Å²) in [5.74, 6) is -1.38. The van der Waals surface area contributed by atoms with Crippen LogP contribution in [0.2, 0.25) is 0 Å². The molecular formula is C21H20FN3O3S. The molecule has 0 unspecified atom stereocenters. The first-order valence-corrected chi connectivity index (χ1v) is 9.80. The molecule has 0 saturated carbocycles. The SMILES string of the molecule is COCCNC(=O)c1ccc(Cn2ccsc2=NC(=O)c2ccccc2F)cc1. The summed E-state index contributed by atoms with van der Waals surface area (Å²) < 4.78 is 20.5. The van der Waals surface area contributed by atoms with Crippen molar-refractivity contribution in [2.75, 3.05) is 20.3 Å². The molecule has 3 aromatic rings. The predicted octanol–water partition coefficient (Wildman–Crippen LogP) is 2.85. The Morgan fingerprint density at radius 1 is 1.17 bits per heavy atom. The van der Waals surface area contributed by atoms with Crippen LogP contribution in [-0.4, -0.2) is 36.6 Å². The predicted molar refractivity (Wildman–Crippen MR) is 108 cm³/mol. The van der Waals surface area contributed by atoms with Crippen molar-refractivity contribution in [2.45, 2.75) is 6.54 Å². The number of thiazole rings is 1. The number of halogens is 1. The zero-order chi connectivity index (χ0) is 20.6. The normalized spacial score (nSPS) is 11.4. The van der Waals surface area contributed by atoms with Crippen LogP contribution in [0.3, 0.4) is 0 Å². The van der Waals surface area contributed by atoms with Gasteiger partial charge in [0, 0.05) is 37.3 Å². The number of nitrogens with zero attached hydrogens (tertiary/aromatic N) is 2. The van der Waals surface area contributed by atoms with Crippen LogP contribution in [0.15, 0.2) is 65.1 Å². The van der Waals surface area contributed by atoms with Crippen molar-refractivity contribution in [1.82, 2.24) is 9.88 Å². The molecule has 0 atom stereocenters. The number of carbonyl (C=O) groups is 2. The second-order valence-electron chi connectivity index (χ2n) is 6.16. The number of aromatic nitrogens is 1. The van der Waals surface area contributed by atoms with Crippen LogP contribution in [0.5, 0.6) is 0 Å². The molecule has 150 valence electrons. The molecule has 0 radical (unpaired) electrons. The fraction of sp³-hybridized carbons (Fsp3) is 0.190. The van der Waals surface area contributed by atoms with Crippen LogP contribution in [0.25, 0.3) is 0 Å². The van der Waals surface area contributed by atoms with Gasteiger partial charge in [-0.05, 0) is 29.8 Å². The molecular weight excluding hydrogens is 393 g/mol. The van der Waals surface area contributed by atoms with Gasteiger partial charge in [0.05, 0.1) is 12.2 Å². The van der Waals surface area contributed by atoms with E-state index in [2.05, 4.69) is 10.3 Å². The Balaban J connectivity index is 1.72. The highest BCUT2D eigenvalue weighted by Gasteiger charge is 2.10. The third kappa shape index (κ3) is 5.46. The van der Waals surface area contributed by atoms with Gasteiger partial charge in [0.1, 0.15) is 5.82 Å². The largest absolute Gasteiger partial charge is 0.383 e. The standard InChI is InChI=1S/C21H20FN3O3S/c1-28-12-10-23-19(26)16-8-6-15(7-9-16)14-25-11-13-29-21(25)24-20(27)17-4-2-3-5-18(17)22/h2-9,11,13H,10,12,14H2,1H3,(H,23,26). The number of hydrogen-bond donors (Lipinski definition) is 1. The Labute approximate surface area is 171 Å². The van der Waals surface area contributed by atoms with Gasteiger partial charge in [0.25, 0.3) is 11.8 Å². The molecule has 1 aromatic heterocycles. The smallest absolute Gasteiger partial charge is 0.282 e. The molecule has 0 aliphatic rings. The van der Waals surface area contributed by atoms with E-state index in [9.17, 15) is 14.0 Å². The Morgan fingerprint density at radius 2 is 1.93 bits per heavy atom. The van der Waals surface area contributed by atoms with Gasteiger partial charge in [0.2, 0.25) is 0 Å². The van der Waals surface area contributed by atoms with Crippen LogP contribution in [0, 0.1) is 5.82 Å². The van der Waals surface area contributed by atoms with E-state index in [1.54, 1.807) is 29.9 Å². The van der Waals surface area contributed by atoms with Crippen molar-refractivity contribution >= 4 is 23.2 Å². The summed E-state index contributed by atoms with van der Waals surface area (Å²) in [7, 11) is 1.58. The second kappa shape index (κ2) is 9.90. The highest BCUT2D eigenvalue weighted by Crippen LogP contribution is 2.09. The molecule has 0 aliphatic heterocycles. The number of amides is 2. The van der Waals surface area contributed by atoms with Crippen LogP contribution in [0.1, 0.15) is 26.3 Å². The van der Waals surface area contributed by atoms with Gasteiger partial charge in [-0.25, -0.2) is 4.39 Å². The summed E-state index contributed by atoms with van der Waals surface area (Å²) in [4.78, 5) is 28.9. The number of ether oxygens (including phenoxy) is 1. The summed E-state index contributed by atoms with van der Waals surface area (Å²) >= 11 is 1.29. The van der Waals surface area contributed by atoms with E-state index in [1.807, 2.05) is 23.7 Å². The molecule has 0 fully saturated rings. The Bertz CT molecular complexity index is 1060. The zero-order valence-corrected chi connectivity index (χ0v) is 16.6. The van der Waals surface area contributed by atoms with Crippen molar-refractivity contribution in [3.8, 4) is 0 Å². The Hall–Kier alpha value is -3.10. The minimum atomic E-state index is -0.623. The van der Waals surface area contributed by atoms with Gasteiger partial charge < -0.3 is 14.6 Å². The second-order valence-corrected chi connectivity index (χ2v) is 7.03. The molecule has 8 heteroatoms. The van der Waals surface area contributed by atoms with Gasteiger partial charge in [-0.3, -0.25) is 9.59 Å². The van der Waals surface area contributed by atoms with Crippen molar-refractivity contribution in [3.05, 3.63) is 87.4 Å². The maximum absolute atomic E-state index is 13.8. The number of nitrogens with one attached hydrogen (secondary N) is 1. The molecule has 3 rings (SSSR count). The Kier molecular flexibility index (Phi) is 7.04. The van der Waals surface area contributed by atoms with Crippen LogP contribution < -0.4 is 10.1 Å². The lowest BCUT2D eigenvalue weighted by Crippen LogP contribution is -2.26. The molecule has 0 aliphatic carbocycles. The minimum absolute atomic E-state index is 0.0590. The third-order valence-electron chi connectivity index (χ3n) is 4.12. The average molecular weight is 413 g/mol. The highest BCUT2D eigenvalue weighted by atomic mass is 32.1. The van der Waals surface area contributed by atoms with E-state index in [4.69, 9.17) is 4.74 Å². The molecule has 29 heavy (non-hydrogen) atoms. The first-order chi connectivity index (χ1) is 14.1. The van der Waals surface area contributed by atoms with Crippen LogP contribution >= 0.6 is 11.3 Å². The van der Waals surface area contributed by atoms with E-state index in [-0.39, 0.29) is 11.5 Å². The minimum Gasteiger partial charge on any atom is -0.383 e. The Morgan fingerprint density at radius 3 is 2.66 bits per heavy atom. The van der Waals surface area contributed by atoms with Gasteiger partial charge >= 0.3 is 0 Å². The first kappa shape index (κ1) is 20.6. The highest BCUT2D eigenvalue weighted by molar-refractivity contribution is 7.07. The van der Waals surface area contributed by atoms with E-state index in [1.165, 1.54) is 29.5 Å². The topological polar surface area (TPSA) is 72.7 Å². The molecule has 1 N–H and O–H groups in total. The molecule has 1 heterocycles. The fourth-order valence-corrected chi connectivity index (χ4v) is 3.34. The van der Waals surface area contributed by atoms with Gasteiger partial charge in [-0.2, -0.15) is 4.99 Å². The maximum Gasteiger partial charge on any atom is 0.282 e. The van der Waals surface area contributed by atoms with Crippen molar-refractivity contribution < 1.29 is 18.7 Å².